The molecule has 0 aliphatic rings. The molecule has 0 N–H and O–H groups in total. The minimum Gasteiger partial charge on any atom is -0.285 e. The van der Waals surface area contributed by atoms with Crippen LogP contribution in [0.3, 0.4) is 0 Å². The van der Waals surface area contributed by atoms with E-state index >= 15 is 0 Å². The molecule has 1 aromatic rings. The Bertz CT molecular complexity index is 381. The van der Waals surface area contributed by atoms with Crippen LogP contribution in [0.5, 0.6) is 0 Å². The van der Waals surface area contributed by atoms with Crippen LogP contribution < -0.4 is 0 Å². The zero-order valence-electron chi connectivity index (χ0n) is 9.99. The maximum absolute atomic E-state index is 11.6. The molecule has 0 aromatic heterocycles. The minimum atomic E-state index is 0.0531. The van der Waals surface area contributed by atoms with Gasteiger partial charge in [0.25, 0.3) is 0 Å². The molecule has 0 heterocycles. The van der Waals surface area contributed by atoms with Crippen molar-refractivity contribution in [3.63, 3.8) is 0 Å². The van der Waals surface area contributed by atoms with E-state index < -0.39 is 0 Å². The van der Waals surface area contributed by atoms with Crippen molar-refractivity contribution >= 4 is 5.78 Å². The lowest BCUT2D eigenvalue weighted by atomic mass is 10.00. The number of hydrogen-bond acceptors (Lipinski definition) is 1. The Morgan fingerprint density at radius 2 is 2.00 bits per heavy atom. The van der Waals surface area contributed by atoms with E-state index in [-0.39, 0.29) is 11.7 Å². The molecule has 1 aromatic carbocycles. The zero-order valence-corrected chi connectivity index (χ0v) is 9.99. The van der Waals surface area contributed by atoms with Gasteiger partial charge in [0.05, 0.1) is 0 Å². The van der Waals surface area contributed by atoms with E-state index in [1.807, 2.05) is 37.3 Å². The molecule has 0 spiro atoms. The number of hydrogen-bond donors (Lipinski definition) is 0. The van der Waals surface area contributed by atoms with Crippen molar-refractivity contribution in [2.24, 2.45) is 5.92 Å². The fraction of sp³-hybridized carbons (Fsp3) is 0.400. The second-order valence-corrected chi connectivity index (χ2v) is 4.02. The Labute approximate surface area is 97.9 Å². The predicted molar refractivity (Wildman–Crippen MR) is 67.0 cm³/mol. The number of carbonyl (C=O) groups excluding carboxylic acids is 1. The minimum absolute atomic E-state index is 0.0531. The smallest absolute Gasteiger partial charge is 0.208 e. The van der Waals surface area contributed by atoms with Crippen LogP contribution in [0.15, 0.2) is 30.3 Å². The highest BCUT2D eigenvalue weighted by Gasteiger charge is 2.08. The van der Waals surface area contributed by atoms with Crippen LogP contribution >= 0.6 is 0 Å². The van der Waals surface area contributed by atoms with Gasteiger partial charge >= 0.3 is 0 Å². The first kappa shape index (κ1) is 12.5. The number of rotatable bonds is 4. The van der Waals surface area contributed by atoms with E-state index in [1.54, 1.807) is 0 Å². The van der Waals surface area contributed by atoms with Gasteiger partial charge in [-0.2, -0.15) is 0 Å². The molecule has 0 bridgehead atoms. The van der Waals surface area contributed by atoms with Crippen LogP contribution in [0.2, 0.25) is 0 Å². The normalized spacial score (nSPS) is 11.4. The Kier molecular flexibility index (Phi) is 5.36. The van der Waals surface area contributed by atoms with E-state index in [4.69, 9.17) is 0 Å². The molecule has 1 nitrogen and oxygen atoms in total. The summed E-state index contributed by atoms with van der Waals surface area (Å²) in [5.41, 5.74) is 0.901. The van der Waals surface area contributed by atoms with E-state index in [2.05, 4.69) is 18.8 Å². The van der Waals surface area contributed by atoms with E-state index in [0.29, 0.717) is 0 Å². The molecule has 1 atom stereocenters. The molecular formula is C15H18O. The van der Waals surface area contributed by atoms with Gasteiger partial charge in [-0.25, -0.2) is 0 Å². The van der Waals surface area contributed by atoms with Crippen molar-refractivity contribution < 1.29 is 4.79 Å². The fourth-order valence-electron chi connectivity index (χ4n) is 1.42. The number of benzene rings is 1. The molecule has 1 heteroatoms. The van der Waals surface area contributed by atoms with Crippen LogP contribution in [-0.4, -0.2) is 5.78 Å². The molecule has 1 rings (SSSR count). The summed E-state index contributed by atoms with van der Waals surface area (Å²) < 4.78 is 0. The summed E-state index contributed by atoms with van der Waals surface area (Å²) in [6.45, 7) is 4.09. The number of ketones is 1. The molecule has 0 saturated carbocycles. The summed E-state index contributed by atoms with van der Waals surface area (Å²) in [5.74, 6) is 5.74. The Morgan fingerprint density at radius 1 is 1.31 bits per heavy atom. The van der Waals surface area contributed by atoms with Gasteiger partial charge in [-0.3, -0.25) is 4.79 Å². The number of unbranched alkanes of at least 4 members (excludes halogenated alkanes) is 1. The molecule has 0 fully saturated rings. The Morgan fingerprint density at radius 3 is 2.62 bits per heavy atom. The molecule has 0 saturated heterocycles. The highest BCUT2D eigenvalue weighted by atomic mass is 16.1. The van der Waals surface area contributed by atoms with Gasteiger partial charge in [0.15, 0.2) is 0 Å². The summed E-state index contributed by atoms with van der Waals surface area (Å²) in [4.78, 5) is 11.6. The third-order valence-electron chi connectivity index (χ3n) is 2.54. The largest absolute Gasteiger partial charge is 0.285 e. The van der Waals surface area contributed by atoms with Crippen LogP contribution in [-0.2, 0) is 4.79 Å². The number of carbonyl (C=O) groups is 1. The van der Waals surface area contributed by atoms with Crippen molar-refractivity contribution in [3.8, 4) is 11.8 Å². The third kappa shape index (κ3) is 4.31. The van der Waals surface area contributed by atoms with Gasteiger partial charge in [-0.05, 0) is 24.5 Å². The topological polar surface area (TPSA) is 17.1 Å². The van der Waals surface area contributed by atoms with Gasteiger partial charge in [0, 0.05) is 11.5 Å². The lowest BCUT2D eigenvalue weighted by molar-refractivity contribution is -0.117. The second-order valence-electron chi connectivity index (χ2n) is 4.02. The summed E-state index contributed by atoms with van der Waals surface area (Å²) in [6, 6.07) is 9.62. The monoisotopic (exact) mass is 214 g/mol. The van der Waals surface area contributed by atoms with Gasteiger partial charge in [-0.15, -0.1) is 0 Å². The Balaban J connectivity index is 2.54. The second kappa shape index (κ2) is 6.85. The zero-order chi connectivity index (χ0) is 11.8. The van der Waals surface area contributed by atoms with Crippen LogP contribution in [0.1, 0.15) is 38.7 Å². The van der Waals surface area contributed by atoms with Gasteiger partial charge < -0.3 is 0 Å². The predicted octanol–water partition coefficient (Wildman–Crippen LogP) is 3.43. The average Bonchev–Trinajstić information content (AvgIpc) is 2.34. The number of Topliss-reactive ketones (excluding diaryl/α,β-unsaturated/α-hetero) is 1. The molecule has 1 unspecified atom stereocenters. The SMILES string of the molecule is CCCCC(C)C(=O)C#Cc1ccccc1. The molecule has 0 radical (unpaired) electrons. The van der Waals surface area contributed by atoms with Crippen molar-refractivity contribution in [2.75, 3.05) is 0 Å². The standard InChI is InChI=1S/C15H18O/c1-3-4-8-13(2)15(16)12-11-14-9-6-5-7-10-14/h5-7,9-10,13H,3-4,8H2,1-2H3. The average molecular weight is 214 g/mol. The van der Waals surface area contributed by atoms with E-state index in [1.165, 1.54) is 0 Å². The maximum atomic E-state index is 11.6. The van der Waals surface area contributed by atoms with Crippen molar-refractivity contribution in [1.82, 2.24) is 0 Å². The molecule has 16 heavy (non-hydrogen) atoms. The first-order valence-corrected chi connectivity index (χ1v) is 5.85. The first-order chi connectivity index (χ1) is 7.74. The lowest BCUT2D eigenvalue weighted by Crippen LogP contribution is -2.07. The quantitative estimate of drug-likeness (QED) is 0.702. The summed E-state index contributed by atoms with van der Waals surface area (Å²) in [7, 11) is 0. The highest BCUT2D eigenvalue weighted by Crippen LogP contribution is 2.08. The third-order valence-corrected chi connectivity index (χ3v) is 2.54. The van der Waals surface area contributed by atoms with Crippen molar-refractivity contribution in [1.29, 1.82) is 0 Å². The molecule has 84 valence electrons. The Hall–Kier alpha value is -1.55. The highest BCUT2D eigenvalue weighted by molar-refractivity contribution is 5.97. The van der Waals surface area contributed by atoms with Crippen molar-refractivity contribution in [3.05, 3.63) is 35.9 Å². The van der Waals surface area contributed by atoms with E-state index in [0.717, 1.165) is 24.8 Å². The molecule has 0 aliphatic carbocycles. The van der Waals surface area contributed by atoms with E-state index in [9.17, 15) is 4.79 Å². The van der Waals surface area contributed by atoms with Gasteiger partial charge in [-0.1, -0.05) is 50.8 Å². The van der Waals surface area contributed by atoms with Gasteiger partial charge in [0.1, 0.15) is 0 Å². The molecule has 0 aliphatic heterocycles. The molecule has 0 amide bonds. The fourth-order valence-corrected chi connectivity index (χ4v) is 1.42. The molecular weight excluding hydrogens is 196 g/mol. The van der Waals surface area contributed by atoms with Crippen LogP contribution in [0, 0.1) is 17.8 Å². The van der Waals surface area contributed by atoms with Crippen molar-refractivity contribution in [2.45, 2.75) is 33.1 Å². The first-order valence-electron chi connectivity index (χ1n) is 5.85. The lowest BCUT2D eigenvalue weighted by Gasteiger charge is -2.03. The summed E-state index contributed by atoms with van der Waals surface area (Å²) >= 11 is 0. The maximum Gasteiger partial charge on any atom is 0.208 e. The summed E-state index contributed by atoms with van der Waals surface area (Å²) in [5, 5.41) is 0. The van der Waals surface area contributed by atoms with Crippen LogP contribution in [0.25, 0.3) is 0 Å². The van der Waals surface area contributed by atoms with Gasteiger partial charge in [0.2, 0.25) is 5.78 Å². The summed E-state index contributed by atoms with van der Waals surface area (Å²) in [6.07, 6.45) is 3.17. The van der Waals surface area contributed by atoms with Crippen LogP contribution in [0.4, 0.5) is 0 Å².